The maximum Gasteiger partial charge on any atom is 0.394 e. The number of hydrogen-bond donors (Lipinski definition) is 2. The van der Waals surface area contributed by atoms with Gasteiger partial charge < -0.3 is 5.11 Å². The van der Waals surface area contributed by atoms with Crippen molar-refractivity contribution in [1.29, 1.82) is 0 Å². The molecule has 0 spiro atoms. The Bertz CT molecular complexity index is 359. The SMILES string of the molecule is CC(C)c1csc(NC(=O)C(=O)O)n1. The lowest BCUT2D eigenvalue weighted by atomic mass is 10.2. The van der Waals surface area contributed by atoms with E-state index in [1.54, 1.807) is 5.38 Å². The van der Waals surface area contributed by atoms with E-state index in [1.807, 2.05) is 13.8 Å². The first kappa shape index (κ1) is 10.6. The molecule has 0 atom stereocenters. The summed E-state index contributed by atoms with van der Waals surface area (Å²) in [5.74, 6) is -2.30. The van der Waals surface area contributed by atoms with Crippen LogP contribution in [0.1, 0.15) is 25.5 Å². The van der Waals surface area contributed by atoms with Crippen LogP contribution in [0, 0.1) is 0 Å². The minimum atomic E-state index is -1.51. The number of amides is 1. The first-order valence-electron chi connectivity index (χ1n) is 4.00. The highest BCUT2D eigenvalue weighted by atomic mass is 32.1. The van der Waals surface area contributed by atoms with E-state index in [0.29, 0.717) is 5.13 Å². The van der Waals surface area contributed by atoms with Crippen LogP contribution in [0.15, 0.2) is 5.38 Å². The molecule has 0 saturated heterocycles. The molecule has 1 aromatic rings. The fourth-order valence-corrected chi connectivity index (χ4v) is 1.63. The van der Waals surface area contributed by atoms with E-state index < -0.39 is 11.9 Å². The van der Waals surface area contributed by atoms with Gasteiger partial charge in [0.25, 0.3) is 0 Å². The fraction of sp³-hybridized carbons (Fsp3) is 0.375. The number of hydrogen-bond acceptors (Lipinski definition) is 4. The maximum atomic E-state index is 10.7. The molecule has 1 amide bonds. The summed E-state index contributed by atoms with van der Waals surface area (Å²) in [6.45, 7) is 3.94. The predicted molar refractivity (Wildman–Crippen MR) is 52.5 cm³/mol. The van der Waals surface area contributed by atoms with Crippen molar-refractivity contribution in [2.24, 2.45) is 0 Å². The number of nitrogens with zero attached hydrogens (tertiary/aromatic N) is 1. The molecule has 0 aromatic carbocycles. The summed E-state index contributed by atoms with van der Waals surface area (Å²) < 4.78 is 0. The Kier molecular flexibility index (Phi) is 3.19. The van der Waals surface area contributed by atoms with Gasteiger partial charge in [-0.2, -0.15) is 0 Å². The second-order valence-corrected chi connectivity index (χ2v) is 3.85. The molecule has 0 saturated carbocycles. The minimum absolute atomic E-state index is 0.265. The Balaban J connectivity index is 2.69. The topological polar surface area (TPSA) is 79.3 Å². The fourth-order valence-electron chi connectivity index (χ4n) is 0.759. The summed E-state index contributed by atoms with van der Waals surface area (Å²) in [4.78, 5) is 25.0. The number of rotatable bonds is 2. The molecule has 0 aliphatic carbocycles. The Labute approximate surface area is 84.8 Å². The lowest BCUT2D eigenvalue weighted by molar-refractivity contribution is -0.147. The van der Waals surface area contributed by atoms with E-state index in [4.69, 9.17) is 5.11 Å². The van der Waals surface area contributed by atoms with E-state index in [-0.39, 0.29) is 5.92 Å². The molecule has 0 bridgehead atoms. The zero-order chi connectivity index (χ0) is 10.7. The van der Waals surface area contributed by atoms with Gasteiger partial charge in [0.1, 0.15) is 0 Å². The summed E-state index contributed by atoms with van der Waals surface area (Å²) in [6, 6.07) is 0. The van der Waals surface area contributed by atoms with Gasteiger partial charge in [-0.3, -0.25) is 10.1 Å². The highest BCUT2D eigenvalue weighted by Crippen LogP contribution is 2.21. The Morgan fingerprint density at radius 2 is 2.21 bits per heavy atom. The monoisotopic (exact) mass is 214 g/mol. The van der Waals surface area contributed by atoms with Gasteiger partial charge in [0, 0.05) is 5.38 Å². The second-order valence-electron chi connectivity index (χ2n) is 2.99. The number of carboxylic acids is 1. The van der Waals surface area contributed by atoms with Crippen LogP contribution in [-0.2, 0) is 9.59 Å². The standard InChI is InChI=1S/C8H10N2O3S/c1-4(2)5-3-14-8(9-5)10-6(11)7(12)13/h3-4H,1-2H3,(H,12,13)(H,9,10,11). The Hall–Kier alpha value is -1.43. The third-order valence-corrected chi connectivity index (χ3v) is 2.30. The van der Waals surface area contributed by atoms with Crippen LogP contribution in [0.5, 0.6) is 0 Å². The largest absolute Gasteiger partial charge is 0.474 e. The van der Waals surface area contributed by atoms with E-state index in [2.05, 4.69) is 10.3 Å². The zero-order valence-electron chi connectivity index (χ0n) is 7.77. The smallest absolute Gasteiger partial charge is 0.394 e. The highest BCUT2D eigenvalue weighted by Gasteiger charge is 2.13. The van der Waals surface area contributed by atoms with Gasteiger partial charge in [-0.15, -0.1) is 11.3 Å². The molecular weight excluding hydrogens is 204 g/mol. The van der Waals surface area contributed by atoms with Crippen molar-refractivity contribution in [3.8, 4) is 0 Å². The summed E-state index contributed by atoms with van der Waals surface area (Å²) in [6.07, 6.45) is 0. The first-order valence-corrected chi connectivity index (χ1v) is 4.88. The summed E-state index contributed by atoms with van der Waals surface area (Å²) in [5, 5.41) is 12.6. The number of aromatic nitrogens is 1. The average Bonchev–Trinajstić information content (AvgIpc) is 2.52. The highest BCUT2D eigenvalue weighted by molar-refractivity contribution is 7.14. The van der Waals surface area contributed by atoms with Crippen LogP contribution in [0.25, 0.3) is 0 Å². The molecule has 14 heavy (non-hydrogen) atoms. The summed E-state index contributed by atoms with van der Waals surface area (Å²) in [5.41, 5.74) is 0.843. The molecule has 0 radical (unpaired) electrons. The molecule has 2 N–H and O–H groups in total. The van der Waals surface area contributed by atoms with Crippen molar-refractivity contribution in [2.45, 2.75) is 19.8 Å². The Morgan fingerprint density at radius 1 is 1.57 bits per heavy atom. The number of thiazole rings is 1. The number of carbonyl (C=O) groups excluding carboxylic acids is 1. The molecule has 0 aliphatic heterocycles. The number of carboxylic acid groups (broad SMARTS) is 1. The number of nitrogens with one attached hydrogen (secondary N) is 1. The van der Waals surface area contributed by atoms with Crippen LogP contribution >= 0.6 is 11.3 Å². The molecule has 5 nitrogen and oxygen atoms in total. The van der Waals surface area contributed by atoms with Gasteiger partial charge in [0.05, 0.1) is 5.69 Å². The van der Waals surface area contributed by atoms with Crippen molar-refractivity contribution >= 4 is 28.3 Å². The van der Waals surface area contributed by atoms with Gasteiger partial charge in [0.15, 0.2) is 5.13 Å². The summed E-state index contributed by atoms with van der Waals surface area (Å²) in [7, 11) is 0. The third-order valence-electron chi connectivity index (χ3n) is 1.53. The lowest BCUT2D eigenvalue weighted by Gasteiger charge is -1.97. The molecule has 0 unspecified atom stereocenters. The number of anilines is 1. The molecule has 1 aromatic heterocycles. The van der Waals surface area contributed by atoms with E-state index in [1.165, 1.54) is 11.3 Å². The van der Waals surface area contributed by atoms with Gasteiger partial charge >= 0.3 is 11.9 Å². The van der Waals surface area contributed by atoms with Gasteiger partial charge in [-0.1, -0.05) is 13.8 Å². The zero-order valence-corrected chi connectivity index (χ0v) is 8.59. The van der Waals surface area contributed by atoms with Crippen molar-refractivity contribution < 1.29 is 14.7 Å². The van der Waals surface area contributed by atoms with Gasteiger partial charge in [0.2, 0.25) is 0 Å². The lowest BCUT2D eigenvalue weighted by Crippen LogP contribution is -2.21. The molecule has 0 fully saturated rings. The Morgan fingerprint density at radius 3 is 2.64 bits per heavy atom. The second kappa shape index (κ2) is 4.19. The normalized spacial score (nSPS) is 10.2. The molecular formula is C8H10N2O3S. The van der Waals surface area contributed by atoms with Crippen LogP contribution in [0.4, 0.5) is 5.13 Å². The van der Waals surface area contributed by atoms with E-state index in [9.17, 15) is 9.59 Å². The minimum Gasteiger partial charge on any atom is -0.474 e. The average molecular weight is 214 g/mol. The van der Waals surface area contributed by atoms with Crippen molar-refractivity contribution in [3.63, 3.8) is 0 Å². The molecule has 76 valence electrons. The van der Waals surface area contributed by atoms with Crippen LogP contribution in [0.2, 0.25) is 0 Å². The molecule has 0 aliphatic rings. The third kappa shape index (κ3) is 2.53. The van der Waals surface area contributed by atoms with Crippen LogP contribution in [-0.4, -0.2) is 22.0 Å². The molecule has 1 rings (SSSR count). The van der Waals surface area contributed by atoms with Crippen molar-refractivity contribution in [2.75, 3.05) is 5.32 Å². The van der Waals surface area contributed by atoms with Crippen molar-refractivity contribution in [3.05, 3.63) is 11.1 Å². The predicted octanol–water partition coefficient (Wildman–Crippen LogP) is 1.29. The van der Waals surface area contributed by atoms with Crippen molar-refractivity contribution in [1.82, 2.24) is 4.98 Å². The van der Waals surface area contributed by atoms with Crippen LogP contribution < -0.4 is 5.32 Å². The summed E-state index contributed by atoms with van der Waals surface area (Å²) >= 11 is 1.22. The van der Waals surface area contributed by atoms with Crippen LogP contribution in [0.3, 0.4) is 0 Å². The first-order chi connectivity index (χ1) is 6.50. The number of carbonyl (C=O) groups is 2. The molecule has 1 heterocycles. The van der Waals surface area contributed by atoms with E-state index >= 15 is 0 Å². The van der Waals surface area contributed by atoms with Gasteiger partial charge in [-0.25, -0.2) is 9.78 Å². The quantitative estimate of drug-likeness (QED) is 0.727. The van der Waals surface area contributed by atoms with Gasteiger partial charge in [-0.05, 0) is 5.92 Å². The van der Waals surface area contributed by atoms with E-state index in [0.717, 1.165) is 5.69 Å². The number of aliphatic carboxylic acids is 1. The molecule has 6 heteroatoms. The maximum absolute atomic E-state index is 10.7.